The van der Waals surface area contributed by atoms with Gasteiger partial charge in [-0.1, -0.05) is 0 Å². The molecule has 3 aromatic heterocycles. The van der Waals surface area contributed by atoms with Crippen molar-refractivity contribution in [3.05, 3.63) is 41.5 Å². The average Bonchev–Trinajstić information content (AvgIpc) is 3.11. The molecule has 0 radical (unpaired) electrons. The number of anilines is 1. The number of rotatable bonds is 2. The molecule has 2 atom stereocenters. The van der Waals surface area contributed by atoms with E-state index < -0.39 is 23.4 Å². The predicted molar refractivity (Wildman–Crippen MR) is 130 cm³/mol. The van der Waals surface area contributed by atoms with Gasteiger partial charge in [0.1, 0.15) is 23.6 Å². The second-order valence-corrected chi connectivity index (χ2v) is 10.2. The number of fused-ring (bicyclic) bond motifs is 1. The molecule has 0 spiro atoms. The summed E-state index contributed by atoms with van der Waals surface area (Å²) in [6, 6.07) is 4.17. The lowest BCUT2D eigenvalue weighted by Crippen LogP contribution is -2.59. The summed E-state index contributed by atoms with van der Waals surface area (Å²) in [5.74, 6) is 0.275. The number of pyridine rings is 1. The topological polar surface area (TPSA) is 100 Å². The van der Waals surface area contributed by atoms with Crippen molar-refractivity contribution >= 4 is 22.9 Å². The van der Waals surface area contributed by atoms with Gasteiger partial charge in [-0.15, -0.1) is 0 Å². The number of aromatic nitrogens is 4. The Balaban J connectivity index is 1.85. The molecule has 0 aliphatic carbocycles. The third kappa shape index (κ3) is 4.90. The minimum Gasteiger partial charge on any atom is -0.444 e. The van der Waals surface area contributed by atoms with Crippen LogP contribution in [-0.2, 0) is 10.9 Å². The van der Waals surface area contributed by atoms with Crippen LogP contribution in [0.3, 0.4) is 0 Å². The number of piperazine rings is 1. The molecule has 196 valence electrons. The zero-order valence-electron chi connectivity index (χ0n) is 21.5. The number of carbonyl (C=O) groups is 1. The molecule has 1 fully saturated rings. The molecule has 0 aromatic carbocycles. The minimum atomic E-state index is -4.70. The van der Waals surface area contributed by atoms with Crippen molar-refractivity contribution in [2.45, 2.75) is 65.4 Å². The molecule has 4 heterocycles. The number of amides is 1. The summed E-state index contributed by atoms with van der Waals surface area (Å²) in [7, 11) is 0. The standard InChI is InChI=1S/C25H28F3N7O2/c1-14-12-34(23(36)37-24(4,5)6)15(2)11-33(14)21-19-20(25(26,27)28)16(3)35(22(19)32-13-31-21)18-9-17(10-29)7-8-30-18/h7-9,13-15H,11-12H2,1-6H3/t14?,15-/m0/s1. The summed E-state index contributed by atoms with van der Waals surface area (Å²) >= 11 is 0. The van der Waals surface area contributed by atoms with E-state index in [0.717, 1.165) is 0 Å². The Morgan fingerprint density at radius 1 is 1.14 bits per heavy atom. The molecule has 37 heavy (non-hydrogen) atoms. The highest BCUT2D eigenvalue weighted by molar-refractivity contribution is 5.94. The van der Waals surface area contributed by atoms with Crippen LogP contribution >= 0.6 is 0 Å². The monoisotopic (exact) mass is 515 g/mol. The first kappa shape index (κ1) is 26.2. The van der Waals surface area contributed by atoms with Crippen LogP contribution in [0, 0.1) is 18.3 Å². The van der Waals surface area contributed by atoms with E-state index >= 15 is 0 Å². The lowest BCUT2D eigenvalue weighted by Gasteiger charge is -2.44. The van der Waals surface area contributed by atoms with Gasteiger partial charge in [0.05, 0.1) is 22.6 Å². The van der Waals surface area contributed by atoms with E-state index in [1.165, 1.54) is 36.1 Å². The van der Waals surface area contributed by atoms with E-state index in [0.29, 0.717) is 0 Å². The van der Waals surface area contributed by atoms with Crippen molar-refractivity contribution in [1.29, 1.82) is 5.26 Å². The highest BCUT2D eigenvalue weighted by Crippen LogP contribution is 2.43. The van der Waals surface area contributed by atoms with Crippen molar-refractivity contribution in [2.75, 3.05) is 18.0 Å². The maximum Gasteiger partial charge on any atom is 0.418 e. The Bertz CT molecular complexity index is 1390. The number of halogens is 3. The van der Waals surface area contributed by atoms with Crippen LogP contribution in [-0.4, -0.2) is 61.3 Å². The molecule has 0 bridgehead atoms. The summed E-state index contributed by atoms with van der Waals surface area (Å²) in [6.45, 7) is 10.8. The number of nitrogens with zero attached hydrogens (tertiary/aromatic N) is 7. The Labute approximate surface area is 212 Å². The zero-order chi connectivity index (χ0) is 27.3. The number of ether oxygens (including phenoxy) is 1. The lowest BCUT2D eigenvalue weighted by atomic mass is 10.1. The van der Waals surface area contributed by atoms with E-state index in [2.05, 4.69) is 15.0 Å². The number of hydrogen-bond donors (Lipinski definition) is 0. The Morgan fingerprint density at radius 3 is 2.46 bits per heavy atom. The van der Waals surface area contributed by atoms with Crippen molar-refractivity contribution in [2.24, 2.45) is 0 Å². The van der Waals surface area contributed by atoms with Gasteiger partial charge in [0, 0.05) is 37.1 Å². The van der Waals surface area contributed by atoms with E-state index in [1.807, 2.05) is 19.9 Å². The van der Waals surface area contributed by atoms with E-state index in [4.69, 9.17) is 4.74 Å². The van der Waals surface area contributed by atoms with Gasteiger partial charge in [-0.2, -0.15) is 18.4 Å². The zero-order valence-corrected chi connectivity index (χ0v) is 21.5. The molecule has 0 saturated carbocycles. The first-order valence-corrected chi connectivity index (χ1v) is 11.8. The van der Waals surface area contributed by atoms with E-state index in [1.54, 1.807) is 30.6 Å². The van der Waals surface area contributed by atoms with Crippen molar-refractivity contribution in [3.8, 4) is 11.9 Å². The first-order valence-electron chi connectivity index (χ1n) is 11.8. The third-order valence-electron chi connectivity index (χ3n) is 6.24. The molecule has 0 N–H and O–H groups in total. The number of carbonyl (C=O) groups excluding carboxylic acids is 1. The van der Waals surface area contributed by atoms with Crippen LogP contribution in [0.25, 0.3) is 16.9 Å². The maximum atomic E-state index is 14.5. The largest absolute Gasteiger partial charge is 0.444 e. The predicted octanol–water partition coefficient (Wildman–Crippen LogP) is 4.85. The van der Waals surface area contributed by atoms with Gasteiger partial charge in [-0.05, 0) is 53.7 Å². The maximum absolute atomic E-state index is 14.5. The molecule has 3 aromatic rings. The molecule has 1 aliphatic rings. The fourth-order valence-corrected chi connectivity index (χ4v) is 4.66. The quantitative estimate of drug-likeness (QED) is 0.481. The summed E-state index contributed by atoms with van der Waals surface area (Å²) in [5.41, 5.74) is -1.35. The normalized spacial score (nSPS) is 18.7. The molecular formula is C25H28F3N7O2. The van der Waals surface area contributed by atoms with Gasteiger partial charge >= 0.3 is 12.3 Å². The van der Waals surface area contributed by atoms with Gasteiger partial charge in [-0.3, -0.25) is 4.57 Å². The van der Waals surface area contributed by atoms with Gasteiger partial charge in [0.25, 0.3) is 0 Å². The van der Waals surface area contributed by atoms with Crippen LogP contribution in [0.15, 0.2) is 24.7 Å². The molecule has 1 saturated heterocycles. The number of hydrogen-bond acceptors (Lipinski definition) is 7. The molecule has 4 rings (SSSR count). The van der Waals surface area contributed by atoms with Gasteiger partial charge in [0.2, 0.25) is 0 Å². The molecule has 12 heteroatoms. The Hall–Kier alpha value is -3.88. The van der Waals surface area contributed by atoms with E-state index in [-0.39, 0.29) is 59.1 Å². The van der Waals surface area contributed by atoms with Crippen LogP contribution in [0.4, 0.5) is 23.8 Å². The number of alkyl halides is 3. The van der Waals surface area contributed by atoms with Crippen LogP contribution < -0.4 is 4.90 Å². The van der Waals surface area contributed by atoms with Gasteiger partial charge < -0.3 is 14.5 Å². The van der Waals surface area contributed by atoms with Crippen LogP contribution in [0.1, 0.15) is 51.4 Å². The van der Waals surface area contributed by atoms with Crippen LogP contribution in [0.5, 0.6) is 0 Å². The average molecular weight is 516 g/mol. The van der Waals surface area contributed by atoms with Crippen molar-refractivity contribution in [1.82, 2.24) is 24.4 Å². The minimum absolute atomic E-state index is 0.0341. The molecule has 1 aliphatic heterocycles. The summed E-state index contributed by atoms with van der Waals surface area (Å²) < 4.78 is 50.2. The first-order chi connectivity index (χ1) is 17.2. The van der Waals surface area contributed by atoms with Crippen molar-refractivity contribution < 1.29 is 22.7 Å². The summed E-state index contributed by atoms with van der Waals surface area (Å²) in [6.07, 6.45) is -2.58. The summed E-state index contributed by atoms with van der Waals surface area (Å²) in [4.78, 5) is 28.8. The molecule has 1 amide bonds. The molecular weight excluding hydrogens is 487 g/mol. The second-order valence-electron chi connectivity index (χ2n) is 10.2. The highest BCUT2D eigenvalue weighted by atomic mass is 19.4. The second kappa shape index (κ2) is 9.21. The van der Waals surface area contributed by atoms with Crippen LogP contribution in [0.2, 0.25) is 0 Å². The molecule has 9 nitrogen and oxygen atoms in total. The highest BCUT2D eigenvalue weighted by Gasteiger charge is 2.42. The fraction of sp³-hybridized carbons (Fsp3) is 0.480. The van der Waals surface area contributed by atoms with Gasteiger partial charge in [-0.25, -0.2) is 19.7 Å². The Morgan fingerprint density at radius 2 is 1.84 bits per heavy atom. The fourth-order valence-electron chi connectivity index (χ4n) is 4.66. The lowest BCUT2D eigenvalue weighted by molar-refractivity contribution is -0.136. The SMILES string of the molecule is Cc1c(C(F)(F)F)c2c(N3C[C@H](C)N(C(=O)OC(C)(C)C)CC3C)ncnc2n1-c1cc(C#N)ccn1. The van der Waals surface area contributed by atoms with Crippen molar-refractivity contribution in [3.63, 3.8) is 0 Å². The van der Waals surface area contributed by atoms with Gasteiger partial charge in [0.15, 0.2) is 5.65 Å². The third-order valence-corrected chi connectivity index (χ3v) is 6.24. The van der Waals surface area contributed by atoms with E-state index in [9.17, 15) is 23.2 Å². The Kier molecular flexibility index (Phi) is 6.52. The smallest absolute Gasteiger partial charge is 0.418 e. The summed E-state index contributed by atoms with van der Waals surface area (Å²) in [5, 5.41) is 9.13. The number of nitriles is 1. The molecule has 1 unspecified atom stereocenters.